The van der Waals surface area contributed by atoms with Crippen LogP contribution in [0.15, 0.2) is 4.99 Å². The Kier molecular flexibility index (Phi) is 9.35. The second-order valence-electron chi connectivity index (χ2n) is 5.05. The first-order valence-electron chi connectivity index (χ1n) is 7.62. The molecule has 3 unspecified atom stereocenters. The normalized spacial score (nSPS) is 25.2. The molecule has 1 aliphatic carbocycles. The highest BCUT2D eigenvalue weighted by Gasteiger charge is 2.25. The van der Waals surface area contributed by atoms with Gasteiger partial charge in [-0.1, -0.05) is 13.3 Å². The van der Waals surface area contributed by atoms with Crippen molar-refractivity contribution in [2.45, 2.75) is 50.8 Å². The average molecular weight is 320 g/mol. The summed E-state index contributed by atoms with van der Waals surface area (Å²) in [6.07, 6.45) is 6.54. The molecular weight excluding hydrogens is 290 g/mol. The molecule has 0 heterocycles. The van der Waals surface area contributed by atoms with Crippen LogP contribution >= 0.6 is 11.8 Å². The molecular formula is C14H29N3OS2. The molecule has 0 spiro atoms. The summed E-state index contributed by atoms with van der Waals surface area (Å²) in [7, 11) is -0.663. The van der Waals surface area contributed by atoms with Crippen LogP contribution in [-0.2, 0) is 10.8 Å². The highest BCUT2D eigenvalue weighted by molar-refractivity contribution is 7.98. The van der Waals surface area contributed by atoms with Gasteiger partial charge in [0.1, 0.15) is 0 Å². The van der Waals surface area contributed by atoms with E-state index in [0.29, 0.717) is 11.3 Å². The van der Waals surface area contributed by atoms with Crippen molar-refractivity contribution >= 4 is 28.5 Å². The van der Waals surface area contributed by atoms with E-state index in [0.717, 1.165) is 56.2 Å². The Bertz CT molecular complexity index is 324. The number of rotatable bonds is 7. The number of guanidine groups is 1. The molecule has 3 atom stereocenters. The second kappa shape index (κ2) is 10.5. The standard InChI is InChI=1S/C14H29N3OS2/c1-4-15-14(16-9-10-19-3)17-12-7-6-8-13(11-12)20(18)5-2/h12-13H,4-11H2,1-3H3,(H2,15,16,17). The third kappa shape index (κ3) is 6.48. The number of thioether (sulfide) groups is 1. The van der Waals surface area contributed by atoms with Crippen molar-refractivity contribution in [2.75, 3.05) is 30.9 Å². The van der Waals surface area contributed by atoms with Gasteiger partial charge in [0.2, 0.25) is 0 Å². The van der Waals surface area contributed by atoms with E-state index in [9.17, 15) is 4.21 Å². The van der Waals surface area contributed by atoms with Crippen LogP contribution in [0.25, 0.3) is 0 Å². The van der Waals surface area contributed by atoms with Crippen LogP contribution in [0.1, 0.15) is 39.5 Å². The Hall–Kier alpha value is -0.230. The molecule has 0 aromatic rings. The lowest BCUT2D eigenvalue weighted by Gasteiger charge is -2.30. The summed E-state index contributed by atoms with van der Waals surface area (Å²) in [5, 5.41) is 7.18. The minimum absolute atomic E-state index is 0.361. The molecule has 1 aliphatic rings. The molecule has 6 heteroatoms. The second-order valence-corrected chi connectivity index (χ2v) is 8.04. The number of hydrogen-bond donors (Lipinski definition) is 2. The van der Waals surface area contributed by atoms with Gasteiger partial charge in [-0.3, -0.25) is 9.20 Å². The summed E-state index contributed by atoms with van der Waals surface area (Å²) in [5.74, 6) is 2.73. The van der Waals surface area contributed by atoms with Crippen molar-refractivity contribution < 1.29 is 4.21 Å². The van der Waals surface area contributed by atoms with Crippen LogP contribution in [-0.4, -0.2) is 52.3 Å². The van der Waals surface area contributed by atoms with Crippen molar-refractivity contribution in [3.63, 3.8) is 0 Å². The Morgan fingerprint density at radius 2 is 2.20 bits per heavy atom. The lowest BCUT2D eigenvalue weighted by Crippen LogP contribution is -2.46. The minimum Gasteiger partial charge on any atom is -0.357 e. The first kappa shape index (κ1) is 17.8. The molecule has 118 valence electrons. The number of nitrogens with zero attached hydrogens (tertiary/aromatic N) is 1. The van der Waals surface area contributed by atoms with Crippen LogP contribution in [0.3, 0.4) is 0 Å². The summed E-state index contributed by atoms with van der Waals surface area (Å²) < 4.78 is 12.0. The number of hydrogen-bond acceptors (Lipinski definition) is 3. The van der Waals surface area contributed by atoms with E-state index >= 15 is 0 Å². The Balaban J connectivity index is 2.50. The quantitative estimate of drug-likeness (QED) is 0.428. The molecule has 0 bridgehead atoms. The lowest BCUT2D eigenvalue weighted by atomic mass is 9.95. The third-order valence-corrected chi connectivity index (χ3v) is 5.86. The predicted molar refractivity (Wildman–Crippen MR) is 92.2 cm³/mol. The Labute approximate surface area is 130 Å². The van der Waals surface area contributed by atoms with Gasteiger partial charge in [0.15, 0.2) is 5.96 Å². The molecule has 0 saturated heterocycles. The smallest absolute Gasteiger partial charge is 0.191 e. The maximum absolute atomic E-state index is 12.0. The molecule has 0 aliphatic heterocycles. The predicted octanol–water partition coefficient (Wildman–Crippen LogP) is 1.98. The van der Waals surface area contributed by atoms with E-state index in [1.165, 1.54) is 0 Å². The molecule has 0 radical (unpaired) electrons. The SMILES string of the molecule is CCNC(=NCCSC)NC1CCCC(S(=O)CC)C1. The van der Waals surface area contributed by atoms with Crippen LogP contribution in [0.5, 0.6) is 0 Å². The van der Waals surface area contributed by atoms with Gasteiger partial charge in [-0.25, -0.2) is 0 Å². The summed E-state index contributed by atoms with van der Waals surface area (Å²) >= 11 is 1.81. The third-order valence-electron chi connectivity index (χ3n) is 3.53. The lowest BCUT2D eigenvalue weighted by molar-refractivity contribution is 0.413. The monoisotopic (exact) mass is 319 g/mol. The molecule has 0 amide bonds. The van der Waals surface area contributed by atoms with Crippen molar-refractivity contribution in [2.24, 2.45) is 4.99 Å². The molecule has 2 N–H and O–H groups in total. The largest absolute Gasteiger partial charge is 0.357 e. The van der Waals surface area contributed by atoms with E-state index in [-0.39, 0.29) is 0 Å². The van der Waals surface area contributed by atoms with Crippen LogP contribution < -0.4 is 10.6 Å². The van der Waals surface area contributed by atoms with Gasteiger partial charge >= 0.3 is 0 Å². The van der Waals surface area contributed by atoms with Crippen molar-refractivity contribution in [1.82, 2.24) is 10.6 Å². The van der Waals surface area contributed by atoms with E-state index < -0.39 is 10.8 Å². The van der Waals surface area contributed by atoms with Gasteiger partial charge in [-0.05, 0) is 32.4 Å². The Morgan fingerprint density at radius 3 is 2.85 bits per heavy atom. The molecule has 20 heavy (non-hydrogen) atoms. The van der Waals surface area contributed by atoms with Crippen LogP contribution in [0.2, 0.25) is 0 Å². The fourth-order valence-corrected chi connectivity index (χ4v) is 4.13. The first-order chi connectivity index (χ1) is 9.71. The van der Waals surface area contributed by atoms with Gasteiger partial charge in [0.25, 0.3) is 0 Å². The molecule has 1 fully saturated rings. The van der Waals surface area contributed by atoms with Crippen molar-refractivity contribution in [3.05, 3.63) is 0 Å². The summed E-state index contributed by atoms with van der Waals surface area (Å²) in [5.41, 5.74) is 0. The fourth-order valence-electron chi connectivity index (χ4n) is 2.51. The molecule has 4 nitrogen and oxygen atoms in total. The van der Waals surface area contributed by atoms with Gasteiger partial charge in [-0.2, -0.15) is 11.8 Å². The van der Waals surface area contributed by atoms with Gasteiger partial charge < -0.3 is 10.6 Å². The summed E-state index contributed by atoms with van der Waals surface area (Å²) in [6.45, 7) is 5.82. The zero-order valence-electron chi connectivity index (χ0n) is 13.0. The van der Waals surface area contributed by atoms with Gasteiger partial charge in [-0.15, -0.1) is 0 Å². The molecule has 1 rings (SSSR count). The summed E-state index contributed by atoms with van der Waals surface area (Å²) in [6, 6.07) is 0.413. The maximum Gasteiger partial charge on any atom is 0.191 e. The van der Waals surface area contributed by atoms with Crippen molar-refractivity contribution in [1.29, 1.82) is 0 Å². The highest BCUT2D eigenvalue weighted by atomic mass is 32.2. The van der Waals surface area contributed by atoms with Crippen molar-refractivity contribution in [3.8, 4) is 0 Å². The van der Waals surface area contributed by atoms with E-state index in [4.69, 9.17) is 0 Å². The van der Waals surface area contributed by atoms with E-state index in [1.807, 2.05) is 18.7 Å². The number of aliphatic imine (C=N–C) groups is 1. The maximum atomic E-state index is 12.0. The summed E-state index contributed by atoms with van der Waals surface area (Å²) in [4.78, 5) is 4.59. The van der Waals surface area contributed by atoms with E-state index in [2.05, 4.69) is 28.8 Å². The zero-order chi connectivity index (χ0) is 14.8. The molecule has 0 aromatic carbocycles. The highest BCUT2D eigenvalue weighted by Crippen LogP contribution is 2.22. The molecule has 0 aromatic heterocycles. The topological polar surface area (TPSA) is 53.5 Å². The fraction of sp³-hybridized carbons (Fsp3) is 0.929. The first-order valence-corrected chi connectivity index (χ1v) is 10.4. The van der Waals surface area contributed by atoms with E-state index in [1.54, 1.807) is 0 Å². The Morgan fingerprint density at radius 1 is 1.40 bits per heavy atom. The van der Waals surface area contributed by atoms with Gasteiger partial charge in [0, 0.05) is 40.1 Å². The average Bonchev–Trinajstić information content (AvgIpc) is 2.47. The van der Waals surface area contributed by atoms with Crippen LogP contribution in [0.4, 0.5) is 0 Å². The zero-order valence-corrected chi connectivity index (χ0v) is 14.6. The van der Waals surface area contributed by atoms with Gasteiger partial charge in [0.05, 0.1) is 6.54 Å². The van der Waals surface area contributed by atoms with Crippen LogP contribution in [0, 0.1) is 0 Å². The minimum atomic E-state index is -0.663. The molecule has 1 saturated carbocycles. The number of nitrogens with one attached hydrogen (secondary N) is 2.